The molecule has 0 radical (unpaired) electrons. The van der Waals surface area contributed by atoms with Crippen molar-refractivity contribution in [2.75, 3.05) is 0 Å². The molecule has 0 spiro atoms. The van der Waals surface area contributed by atoms with Crippen LogP contribution < -0.4 is 0 Å². The lowest BCUT2D eigenvalue weighted by atomic mass is 10.2. The molecular weight excluding hydrogens is 270 g/mol. The normalized spacial score (nSPS) is 14.2. The summed E-state index contributed by atoms with van der Waals surface area (Å²) in [5.74, 6) is 0.0863. The lowest BCUT2D eigenvalue weighted by molar-refractivity contribution is 0.0733. The number of hydrogen-bond acceptors (Lipinski definition) is 4. The van der Waals surface area contributed by atoms with Gasteiger partial charge in [0, 0.05) is 12.6 Å². The van der Waals surface area contributed by atoms with Crippen LogP contribution in [0.2, 0.25) is 0 Å². The third-order valence-electron chi connectivity index (χ3n) is 3.53. The maximum absolute atomic E-state index is 12.7. The summed E-state index contributed by atoms with van der Waals surface area (Å²) in [7, 11) is 0. The first kappa shape index (κ1) is 13.2. The third-order valence-corrected chi connectivity index (χ3v) is 4.29. The van der Waals surface area contributed by atoms with E-state index in [1.807, 2.05) is 30.0 Å². The first-order chi connectivity index (χ1) is 9.79. The minimum atomic E-state index is 0.0863. The second kappa shape index (κ2) is 5.71. The Labute approximate surface area is 122 Å². The van der Waals surface area contributed by atoms with Crippen molar-refractivity contribution in [1.29, 1.82) is 0 Å². The number of aromatic nitrogens is 2. The highest BCUT2D eigenvalue weighted by atomic mass is 32.1. The van der Waals surface area contributed by atoms with Gasteiger partial charge in [-0.25, -0.2) is 0 Å². The molecule has 0 saturated heterocycles. The molecule has 0 bridgehead atoms. The number of benzene rings is 1. The summed E-state index contributed by atoms with van der Waals surface area (Å²) in [6.45, 7) is 2.68. The molecule has 1 fully saturated rings. The minimum absolute atomic E-state index is 0.0863. The van der Waals surface area contributed by atoms with Crippen molar-refractivity contribution in [3.05, 3.63) is 46.5 Å². The molecule has 2 aromatic rings. The quantitative estimate of drug-likeness (QED) is 0.849. The Balaban J connectivity index is 1.82. The van der Waals surface area contributed by atoms with Gasteiger partial charge in [-0.1, -0.05) is 41.7 Å². The van der Waals surface area contributed by atoms with Gasteiger partial charge in [0.05, 0.1) is 5.69 Å². The summed E-state index contributed by atoms with van der Waals surface area (Å²) in [6, 6.07) is 10.5. The molecule has 20 heavy (non-hydrogen) atoms. The minimum Gasteiger partial charge on any atom is -0.331 e. The number of amides is 1. The highest BCUT2D eigenvalue weighted by molar-refractivity contribution is 7.08. The molecule has 1 aromatic heterocycles. The predicted molar refractivity (Wildman–Crippen MR) is 78.6 cm³/mol. The zero-order valence-electron chi connectivity index (χ0n) is 11.5. The van der Waals surface area contributed by atoms with E-state index in [1.165, 1.54) is 17.1 Å². The lowest BCUT2D eigenvalue weighted by Gasteiger charge is -2.22. The molecular formula is C15H17N3OS. The molecule has 1 heterocycles. The summed E-state index contributed by atoms with van der Waals surface area (Å²) in [4.78, 5) is 15.4. The van der Waals surface area contributed by atoms with E-state index in [-0.39, 0.29) is 5.91 Å². The Bertz CT molecular complexity index is 592. The average Bonchev–Trinajstić information content (AvgIpc) is 3.21. The van der Waals surface area contributed by atoms with Crippen LogP contribution in [-0.4, -0.2) is 26.4 Å². The molecule has 0 aliphatic heterocycles. The summed E-state index contributed by atoms with van der Waals surface area (Å²) in [5.41, 5.74) is 1.99. The van der Waals surface area contributed by atoms with Crippen LogP contribution in [0.4, 0.5) is 0 Å². The van der Waals surface area contributed by atoms with Crippen LogP contribution in [-0.2, 0) is 13.0 Å². The van der Waals surface area contributed by atoms with Gasteiger partial charge in [-0.15, -0.1) is 5.10 Å². The number of carbonyl (C=O) groups is 1. The van der Waals surface area contributed by atoms with Gasteiger partial charge in [0.1, 0.15) is 4.88 Å². The van der Waals surface area contributed by atoms with E-state index in [1.54, 1.807) is 0 Å². The van der Waals surface area contributed by atoms with Gasteiger partial charge in [-0.2, -0.15) is 0 Å². The highest BCUT2D eigenvalue weighted by Gasteiger charge is 2.34. The fourth-order valence-electron chi connectivity index (χ4n) is 2.27. The van der Waals surface area contributed by atoms with E-state index in [4.69, 9.17) is 0 Å². The van der Waals surface area contributed by atoms with Crippen LogP contribution in [0.1, 0.15) is 40.7 Å². The maximum atomic E-state index is 12.7. The predicted octanol–water partition coefficient (Wildman–Crippen LogP) is 2.91. The maximum Gasteiger partial charge on any atom is 0.268 e. The average molecular weight is 287 g/mol. The van der Waals surface area contributed by atoms with E-state index >= 15 is 0 Å². The Morgan fingerprint density at radius 3 is 2.75 bits per heavy atom. The Hall–Kier alpha value is -1.75. The number of hydrogen-bond donors (Lipinski definition) is 0. The third kappa shape index (κ3) is 2.72. The van der Waals surface area contributed by atoms with Crippen molar-refractivity contribution >= 4 is 17.4 Å². The van der Waals surface area contributed by atoms with Gasteiger partial charge < -0.3 is 4.90 Å². The second-order valence-electron chi connectivity index (χ2n) is 5.05. The van der Waals surface area contributed by atoms with Crippen LogP contribution in [0, 0.1) is 0 Å². The van der Waals surface area contributed by atoms with E-state index in [0.717, 1.165) is 25.0 Å². The molecule has 1 amide bonds. The van der Waals surface area contributed by atoms with Gasteiger partial charge in [0.2, 0.25) is 0 Å². The van der Waals surface area contributed by atoms with E-state index < -0.39 is 0 Å². The van der Waals surface area contributed by atoms with E-state index in [0.29, 0.717) is 17.5 Å². The van der Waals surface area contributed by atoms with Gasteiger partial charge in [0.15, 0.2) is 0 Å². The first-order valence-electron chi connectivity index (χ1n) is 6.95. The molecule has 1 saturated carbocycles. The summed E-state index contributed by atoms with van der Waals surface area (Å²) < 4.78 is 3.93. The highest BCUT2D eigenvalue weighted by Crippen LogP contribution is 2.30. The molecule has 1 aromatic carbocycles. The van der Waals surface area contributed by atoms with Crippen molar-refractivity contribution < 1.29 is 4.79 Å². The molecule has 0 atom stereocenters. The molecule has 0 unspecified atom stereocenters. The van der Waals surface area contributed by atoms with Crippen LogP contribution in [0.3, 0.4) is 0 Å². The lowest BCUT2D eigenvalue weighted by Crippen LogP contribution is -2.32. The van der Waals surface area contributed by atoms with Crippen LogP contribution in [0.15, 0.2) is 30.3 Å². The molecule has 1 aliphatic carbocycles. The molecule has 1 aliphatic rings. The Morgan fingerprint density at radius 2 is 2.10 bits per heavy atom. The number of rotatable bonds is 5. The van der Waals surface area contributed by atoms with Gasteiger partial charge in [-0.3, -0.25) is 4.79 Å². The monoisotopic (exact) mass is 287 g/mol. The van der Waals surface area contributed by atoms with Crippen molar-refractivity contribution in [1.82, 2.24) is 14.5 Å². The standard InChI is InChI=1S/C15H17N3OS/c1-2-13-14(20-17-16-13)15(19)18(12-8-9-12)10-11-6-4-3-5-7-11/h3-7,12H,2,8-10H2,1H3. The zero-order chi connectivity index (χ0) is 13.9. The fourth-order valence-corrected chi connectivity index (χ4v) is 2.97. The van der Waals surface area contributed by atoms with Crippen molar-refractivity contribution in [2.24, 2.45) is 0 Å². The summed E-state index contributed by atoms with van der Waals surface area (Å²) in [5, 5.41) is 4.05. The van der Waals surface area contributed by atoms with Crippen LogP contribution in [0.5, 0.6) is 0 Å². The zero-order valence-corrected chi connectivity index (χ0v) is 12.3. The van der Waals surface area contributed by atoms with Crippen LogP contribution in [0.25, 0.3) is 0 Å². The topological polar surface area (TPSA) is 46.1 Å². The van der Waals surface area contributed by atoms with Gasteiger partial charge in [0.25, 0.3) is 5.91 Å². The van der Waals surface area contributed by atoms with E-state index in [2.05, 4.69) is 21.7 Å². The second-order valence-corrected chi connectivity index (χ2v) is 5.81. The smallest absolute Gasteiger partial charge is 0.268 e. The van der Waals surface area contributed by atoms with Crippen molar-refractivity contribution in [3.63, 3.8) is 0 Å². The molecule has 0 N–H and O–H groups in total. The van der Waals surface area contributed by atoms with Gasteiger partial charge >= 0.3 is 0 Å². The Morgan fingerprint density at radius 1 is 1.35 bits per heavy atom. The van der Waals surface area contributed by atoms with Crippen LogP contribution >= 0.6 is 11.5 Å². The number of carbonyl (C=O) groups excluding carboxylic acids is 1. The largest absolute Gasteiger partial charge is 0.331 e. The van der Waals surface area contributed by atoms with Gasteiger partial charge in [-0.05, 0) is 36.4 Å². The Kier molecular flexibility index (Phi) is 3.78. The van der Waals surface area contributed by atoms with E-state index in [9.17, 15) is 4.79 Å². The van der Waals surface area contributed by atoms with Crippen molar-refractivity contribution in [2.45, 2.75) is 38.8 Å². The number of aryl methyl sites for hydroxylation is 1. The molecule has 5 heteroatoms. The first-order valence-corrected chi connectivity index (χ1v) is 7.73. The summed E-state index contributed by atoms with van der Waals surface area (Å²) in [6.07, 6.45) is 2.96. The number of nitrogens with zero attached hydrogens (tertiary/aromatic N) is 3. The van der Waals surface area contributed by atoms with Crippen molar-refractivity contribution in [3.8, 4) is 0 Å². The summed E-state index contributed by atoms with van der Waals surface area (Å²) >= 11 is 1.21. The fraction of sp³-hybridized carbons (Fsp3) is 0.400. The molecule has 104 valence electrons. The molecule has 3 rings (SSSR count). The SMILES string of the molecule is CCc1nnsc1C(=O)N(Cc1ccccc1)C1CC1. The molecule has 4 nitrogen and oxygen atoms in total.